The zero-order valence-corrected chi connectivity index (χ0v) is 21.4. The second-order valence-corrected chi connectivity index (χ2v) is 9.13. The summed E-state index contributed by atoms with van der Waals surface area (Å²) in [5.41, 5.74) is 1.42. The Morgan fingerprint density at radius 3 is 2.65 bits per heavy atom. The first-order valence-corrected chi connectivity index (χ1v) is 12.2. The SMILES string of the molecule is O=C(/C=C/c1ccc(Cl)cc1)Oc1ccc(Br)cc1C=Nn1c(-c2ccco2)nc2ccccc2c1=O. The minimum absolute atomic E-state index is 0.240. The van der Waals surface area contributed by atoms with Crippen molar-refractivity contribution in [3.05, 3.63) is 122 Å². The summed E-state index contributed by atoms with van der Waals surface area (Å²) in [4.78, 5) is 30.4. The molecule has 182 valence electrons. The Hall–Kier alpha value is -4.27. The van der Waals surface area contributed by atoms with Crippen LogP contribution in [0.2, 0.25) is 5.02 Å². The second-order valence-electron chi connectivity index (χ2n) is 7.78. The highest BCUT2D eigenvalue weighted by molar-refractivity contribution is 9.10. The van der Waals surface area contributed by atoms with E-state index in [-0.39, 0.29) is 17.1 Å². The Morgan fingerprint density at radius 1 is 1.05 bits per heavy atom. The molecule has 0 atom stereocenters. The molecule has 0 N–H and O–H groups in total. The van der Waals surface area contributed by atoms with Crippen LogP contribution in [0.15, 0.2) is 110 Å². The molecule has 0 spiro atoms. The number of carbonyl (C=O) groups excluding carboxylic acids is 1. The molecule has 37 heavy (non-hydrogen) atoms. The van der Waals surface area contributed by atoms with Gasteiger partial charge in [0.05, 0.1) is 23.4 Å². The van der Waals surface area contributed by atoms with Crippen molar-refractivity contribution in [1.82, 2.24) is 9.66 Å². The first-order chi connectivity index (χ1) is 18.0. The zero-order valence-electron chi connectivity index (χ0n) is 19.0. The molecular weight excluding hydrogens is 558 g/mol. The Kier molecular flexibility index (Phi) is 7.11. The standard InChI is InChI=1S/C28H17BrClN3O4/c29-20-10-13-24(37-26(34)14-9-18-7-11-21(30)12-8-18)19(16-20)17-31-33-27(25-6-3-15-36-25)32-23-5-2-1-4-22(23)28(33)35/h1-17H/b14-9+,31-17?. The van der Waals surface area contributed by atoms with Crippen LogP contribution in [0.25, 0.3) is 28.6 Å². The molecular formula is C28H17BrClN3O4. The average molecular weight is 575 g/mol. The number of rotatable bonds is 6. The number of ether oxygens (including phenoxy) is 1. The maximum Gasteiger partial charge on any atom is 0.336 e. The van der Waals surface area contributed by atoms with Gasteiger partial charge in [-0.05, 0) is 66.2 Å². The highest BCUT2D eigenvalue weighted by Crippen LogP contribution is 2.23. The molecule has 0 bridgehead atoms. The van der Waals surface area contributed by atoms with E-state index in [1.165, 1.54) is 18.6 Å². The van der Waals surface area contributed by atoms with Gasteiger partial charge in [-0.2, -0.15) is 9.78 Å². The summed E-state index contributed by atoms with van der Waals surface area (Å²) in [6.45, 7) is 0. The molecule has 9 heteroatoms. The van der Waals surface area contributed by atoms with Gasteiger partial charge in [0.2, 0.25) is 5.82 Å². The number of para-hydroxylation sites is 1. The van der Waals surface area contributed by atoms with Gasteiger partial charge in [0.15, 0.2) is 5.76 Å². The van der Waals surface area contributed by atoms with E-state index in [4.69, 9.17) is 20.8 Å². The van der Waals surface area contributed by atoms with E-state index in [9.17, 15) is 9.59 Å². The van der Waals surface area contributed by atoms with E-state index >= 15 is 0 Å². The van der Waals surface area contributed by atoms with Gasteiger partial charge in [-0.3, -0.25) is 4.79 Å². The fraction of sp³-hybridized carbons (Fsp3) is 0. The molecule has 0 unspecified atom stereocenters. The molecule has 0 aliphatic heterocycles. The zero-order chi connectivity index (χ0) is 25.8. The molecule has 2 heterocycles. The average Bonchev–Trinajstić information content (AvgIpc) is 3.44. The fourth-order valence-electron chi connectivity index (χ4n) is 3.51. The monoisotopic (exact) mass is 573 g/mol. The van der Waals surface area contributed by atoms with Crippen LogP contribution in [0.4, 0.5) is 0 Å². The molecule has 0 radical (unpaired) electrons. The van der Waals surface area contributed by atoms with Gasteiger partial charge in [0.1, 0.15) is 5.75 Å². The molecule has 0 aliphatic rings. The molecule has 0 saturated carbocycles. The molecule has 7 nitrogen and oxygen atoms in total. The number of hydrogen-bond acceptors (Lipinski definition) is 6. The normalized spacial score (nSPS) is 11.5. The van der Waals surface area contributed by atoms with Crippen molar-refractivity contribution in [2.45, 2.75) is 0 Å². The van der Waals surface area contributed by atoms with Gasteiger partial charge >= 0.3 is 5.97 Å². The van der Waals surface area contributed by atoms with Crippen molar-refractivity contribution in [3.63, 3.8) is 0 Å². The van der Waals surface area contributed by atoms with Crippen LogP contribution in [-0.2, 0) is 4.79 Å². The van der Waals surface area contributed by atoms with E-state index in [0.717, 1.165) is 14.7 Å². The van der Waals surface area contributed by atoms with Crippen LogP contribution >= 0.6 is 27.5 Å². The highest BCUT2D eigenvalue weighted by Gasteiger charge is 2.15. The number of hydrogen-bond donors (Lipinski definition) is 0. The van der Waals surface area contributed by atoms with Crippen LogP contribution in [0.5, 0.6) is 5.75 Å². The summed E-state index contributed by atoms with van der Waals surface area (Å²) >= 11 is 9.33. The van der Waals surface area contributed by atoms with E-state index in [0.29, 0.717) is 27.2 Å². The molecule has 3 aromatic carbocycles. The number of carbonyl (C=O) groups is 1. The molecule has 0 fully saturated rings. The third-order valence-corrected chi connectivity index (χ3v) is 6.02. The van der Waals surface area contributed by atoms with E-state index in [1.807, 2.05) is 0 Å². The number of fused-ring (bicyclic) bond motifs is 1. The Bertz CT molecular complexity index is 1710. The maximum absolute atomic E-state index is 13.3. The number of halogens is 2. The van der Waals surface area contributed by atoms with Gasteiger partial charge in [-0.25, -0.2) is 9.78 Å². The van der Waals surface area contributed by atoms with Crippen LogP contribution in [0.3, 0.4) is 0 Å². The van der Waals surface area contributed by atoms with Gasteiger partial charge in [0.25, 0.3) is 5.56 Å². The fourth-order valence-corrected chi connectivity index (χ4v) is 4.01. The van der Waals surface area contributed by atoms with Crippen molar-refractivity contribution >= 4 is 56.7 Å². The topological polar surface area (TPSA) is 86.7 Å². The summed E-state index contributed by atoms with van der Waals surface area (Å²) in [6, 6.07) is 22.5. The number of nitrogens with zero attached hydrogens (tertiary/aromatic N) is 3. The van der Waals surface area contributed by atoms with Crippen molar-refractivity contribution in [1.29, 1.82) is 0 Å². The van der Waals surface area contributed by atoms with E-state index in [1.54, 1.807) is 84.9 Å². The van der Waals surface area contributed by atoms with Gasteiger partial charge in [-0.1, -0.05) is 51.8 Å². The molecule has 2 aromatic heterocycles. The van der Waals surface area contributed by atoms with Gasteiger partial charge in [-0.15, -0.1) is 0 Å². The van der Waals surface area contributed by atoms with Crippen molar-refractivity contribution in [2.24, 2.45) is 5.10 Å². The summed E-state index contributed by atoms with van der Waals surface area (Å²) in [6.07, 6.45) is 5.87. The second kappa shape index (κ2) is 10.8. The van der Waals surface area contributed by atoms with Gasteiger partial charge in [0, 0.05) is 21.1 Å². The highest BCUT2D eigenvalue weighted by atomic mass is 79.9. The van der Waals surface area contributed by atoms with Crippen LogP contribution in [0, 0.1) is 0 Å². The lowest BCUT2D eigenvalue weighted by Crippen LogP contribution is -2.20. The lowest BCUT2D eigenvalue weighted by atomic mass is 10.2. The molecule has 0 saturated heterocycles. The maximum atomic E-state index is 13.3. The Morgan fingerprint density at radius 2 is 1.86 bits per heavy atom. The summed E-state index contributed by atoms with van der Waals surface area (Å²) in [7, 11) is 0. The molecule has 0 amide bonds. The minimum Gasteiger partial charge on any atom is -0.461 e. The Balaban J connectivity index is 1.49. The largest absolute Gasteiger partial charge is 0.461 e. The quantitative estimate of drug-likeness (QED) is 0.0990. The van der Waals surface area contributed by atoms with Crippen LogP contribution in [-0.4, -0.2) is 21.8 Å². The predicted octanol–water partition coefficient (Wildman–Crippen LogP) is 6.57. The molecule has 0 aliphatic carbocycles. The minimum atomic E-state index is -0.576. The lowest BCUT2D eigenvalue weighted by Gasteiger charge is -2.09. The number of aromatic nitrogens is 2. The van der Waals surface area contributed by atoms with E-state index < -0.39 is 5.97 Å². The summed E-state index contributed by atoms with van der Waals surface area (Å²) in [5.74, 6) is 0.310. The number of furan rings is 1. The smallest absolute Gasteiger partial charge is 0.336 e. The summed E-state index contributed by atoms with van der Waals surface area (Å²) < 4.78 is 12.9. The third-order valence-electron chi connectivity index (χ3n) is 5.27. The number of esters is 1. The lowest BCUT2D eigenvalue weighted by molar-refractivity contribution is -0.128. The summed E-state index contributed by atoms with van der Waals surface area (Å²) in [5, 5.41) is 5.42. The molecule has 5 rings (SSSR count). The predicted molar refractivity (Wildman–Crippen MR) is 147 cm³/mol. The van der Waals surface area contributed by atoms with Crippen molar-refractivity contribution < 1.29 is 13.9 Å². The first-order valence-electron chi connectivity index (χ1n) is 11.0. The first kappa shape index (κ1) is 24.4. The Labute approximate surface area is 224 Å². The van der Waals surface area contributed by atoms with Gasteiger partial charge < -0.3 is 9.15 Å². The van der Waals surface area contributed by atoms with Crippen LogP contribution in [0.1, 0.15) is 11.1 Å². The molecule has 5 aromatic rings. The van der Waals surface area contributed by atoms with Crippen LogP contribution < -0.4 is 10.3 Å². The number of benzene rings is 3. The van der Waals surface area contributed by atoms with Crippen molar-refractivity contribution in [2.75, 3.05) is 0 Å². The third kappa shape index (κ3) is 5.61. The van der Waals surface area contributed by atoms with Crippen molar-refractivity contribution in [3.8, 4) is 17.3 Å². The van der Waals surface area contributed by atoms with E-state index in [2.05, 4.69) is 26.0 Å².